The molecule has 0 aliphatic rings. The van der Waals surface area contributed by atoms with Crippen molar-refractivity contribution in [2.75, 3.05) is 0 Å². The molecule has 2 N–H and O–H groups in total. The Balaban J connectivity index is 2.05. The van der Waals surface area contributed by atoms with E-state index in [9.17, 15) is 0 Å². The molecule has 0 amide bonds. The molecule has 3 aromatic rings. The van der Waals surface area contributed by atoms with Gasteiger partial charge in [-0.1, -0.05) is 41.4 Å². The molecule has 0 aliphatic carbocycles. The molecule has 0 spiro atoms. The van der Waals surface area contributed by atoms with Crippen molar-refractivity contribution in [1.82, 2.24) is 4.98 Å². The lowest BCUT2D eigenvalue weighted by Crippen LogP contribution is -2.13. The van der Waals surface area contributed by atoms with Crippen molar-refractivity contribution >= 4 is 34.2 Å². The average Bonchev–Trinajstić information content (AvgIpc) is 2.81. The van der Waals surface area contributed by atoms with Gasteiger partial charge in [-0.15, -0.1) is 0 Å². The summed E-state index contributed by atoms with van der Waals surface area (Å²) in [5.74, 6) is 0.623. The van der Waals surface area contributed by atoms with Gasteiger partial charge >= 0.3 is 0 Å². The van der Waals surface area contributed by atoms with Gasteiger partial charge in [0.25, 0.3) is 0 Å². The molecule has 0 saturated carbocycles. The van der Waals surface area contributed by atoms with Crippen molar-refractivity contribution in [3.63, 3.8) is 0 Å². The zero-order valence-corrected chi connectivity index (χ0v) is 11.3. The summed E-state index contributed by atoms with van der Waals surface area (Å²) in [7, 11) is 0. The predicted molar refractivity (Wildman–Crippen MR) is 76.5 cm³/mol. The maximum Gasteiger partial charge on any atom is 0.134 e. The Morgan fingerprint density at radius 3 is 2.68 bits per heavy atom. The van der Waals surface area contributed by atoms with E-state index in [-0.39, 0.29) is 0 Å². The highest BCUT2D eigenvalue weighted by molar-refractivity contribution is 6.34. The Bertz CT molecular complexity index is 706. The van der Waals surface area contributed by atoms with E-state index in [0.29, 0.717) is 21.5 Å². The van der Waals surface area contributed by atoms with Gasteiger partial charge in [0.2, 0.25) is 0 Å². The van der Waals surface area contributed by atoms with Gasteiger partial charge in [-0.25, -0.2) is 0 Å². The van der Waals surface area contributed by atoms with E-state index < -0.39 is 6.04 Å². The molecule has 0 saturated heterocycles. The number of hydrogen-bond acceptors (Lipinski definition) is 3. The standard InChI is InChI=1S/C14H10Cl2N2O/c15-9-6-10(16)14(18-7-9)13(17)12-5-8-3-1-2-4-11(8)19-12/h1-7,13H,17H2. The van der Waals surface area contributed by atoms with E-state index >= 15 is 0 Å². The van der Waals surface area contributed by atoms with Crippen molar-refractivity contribution in [1.29, 1.82) is 0 Å². The second-order valence-electron chi connectivity index (χ2n) is 4.18. The largest absolute Gasteiger partial charge is 0.459 e. The number of benzene rings is 1. The Morgan fingerprint density at radius 1 is 1.16 bits per heavy atom. The molecule has 3 nitrogen and oxygen atoms in total. The van der Waals surface area contributed by atoms with Gasteiger partial charge in [0.05, 0.1) is 15.7 Å². The fraction of sp³-hybridized carbons (Fsp3) is 0.0714. The van der Waals surface area contributed by atoms with Gasteiger partial charge in [0.1, 0.15) is 17.4 Å². The van der Waals surface area contributed by atoms with Gasteiger partial charge in [0, 0.05) is 11.6 Å². The number of nitrogens with zero attached hydrogens (tertiary/aromatic N) is 1. The van der Waals surface area contributed by atoms with Crippen LogP contribution in [0.1, 0.15) is 17.5 Å². The molecular formula is C14H10Cl2N2O. The third-order valence-electron chi connectivity index (χ3n) is 2.88. The maximum atomic E-state index is 6.15. The minimum Gasteiger partial charge on any atom is -0.459 e. The van der Waals surface area contributed by atoms with Gasteiger partial charge in [-0.3, -0.25) is 4.98 Å². The predicted octanol–water partition coefficient (Wildman–Crippen LogP) is 4.18. The minimum absolute atomic E-state index is 0.431. The number of pyridine rings is 1. The van der Waals surface area contributed by atoms with E-state index in [4.69, 9.17) is 33.4 Å². The SMILES string of the molecule is NC(c1cc2ccccc2o1)c1ncc(Cl)cc1Cl. The second-order valence-corrected chi connectivity index (χ2v) is 5.03. The van der Waals surface area contributed by atoms with Crippen LogP contribution in [0.3, 0.4) is 0 Å². The number of halogens is 2. The van der Waals surface area contributed by atoms with Crippen LogP contribution in [0.25, 0.3) is 11.0 Å². The number of furan rings is 1. The summed E-state index contributed by atoms with van der Waals surface area (Å²) in [6.07, 6.45) is 1.52. The molecule has 1 atom stereocenters. The average molecular weight is 293 g/mol. The first-order chi connectivity index (χ1) is 9.15. The van der Waals surface area contributed by atoms with Crippen LogP contribution in [-0.4, -0.2) is 4.98 Å². The Morgan fingerprint density at radius 2 is 1.95 bits per heavy atom. The highest BCUT2D eigenvalue weighted by Gasteiger charge is 2.18. The first-order valence-corrected chi connectivity index (χ1v) is 6.46. The van der Waals surface area contributed by atoms with Gasteiger partial charge in [-0.2, -0.15) is 0 Å². The van der Waals surface area contributed by atoms with Crippen LogP contribution in [-0.2, 0) is 0 Å². The second kappa shape index (κ2) is 4.85. The number of hydrogen-bond donors (Lipinski definition) is 1. The molecule has 0 fully saturated rings. The molecule has 1 unspecified atom stereocenters. The molecule has 2 aromatic heterocycles. The summed E-state index contributed by atoms with van der Waals surface area (Å²) in [6.45, 7) is 0. The summed E-state index contributed by atoms with van der Waals surface area (Å²) in [5, 5.41) is 1.91. The van der Waals surface area contributed by atoms with Gasteiger partial charge in [0.15, 0.2) is 0 Å². The van der Waals surface area contributed by atoms with Crippen LogP contribution in [0.2, 0.25) is 10.0 Å². The van der Waals surface area contributed by atoms with E-state index in [1.54, 1.807) is 6.07 Å². The zero-order chi connectivity index (χ0) is 13.4. The van der Waals surface area contributed by atoms with E-state index in [0.717, 1.165) is 11.0 Å². The quantitative estimate of drug-likeness (QED) is 0.771. The highest BCUT2D eigenvalue weighted by Crippen LogP contribution is 2.30. The maximum absolute atomic E-state index is 6.15. The summed E-state index contributed by atoms with van der Waals surface area (Å²) >= 11 is 11.9. The molecular weight excluding hydrogens is 283 g/mol. The van der Waals surface area contributed by atoms with Crippen LogP contribution >= 0.6 is 23.2 Å². The topological polar surface area (TPSA) is 52.0 Å². The number of nitrogens with two attached hydrogens (primary N) is 1. The van der Waals surface area contributed by atoms with E-state index in [1.807, 2.05) is 30.3 Å². The lowest BCUT2D eigenvalue weighted by molar-refractivity contribution is 0.521. The molecule has 0 radical (unpaired) electrons. The van der Waals surface area contributed by atoms with Crippen LogP contribution in [0, 0.1) is 0 Å². The van der Waals surface area contributed by atoms with Crippen molar-refractivity contribution in [3.05, 3.63) is 64.1 Å². The Hall–Kier alpha value is -1.55. The lowest BCUT2D eigenvalue weighted by Gasteiger charge is -2.09. The monoisotopic (exact) mass is 292 g/mol. The number of rotatable bonds is 2. The van der Waals surface area contributed by atoms with E-state index in [1.165, 1.54) is 6.20 Å². The number of para-hydroxylation sites is 1. The van der Waals surface area contributed by atoms with Crippen molar-refractivity contribution < 1.29 is 4.42 Å². The molecule has 5 heteroatoms. The summed E-state index contributed by atoms with van der Waals surface area (Å²) in [5.41, 5.74) is 7.48. The normalized spacial score (nSPS) is 12.8. The molecule has 1 aromatic carbocycles. The molecule has 96 valence electrons. The highest BCUT2D eigenvalue weighted by atomic mass is 35.5. The fourth-order valence-corrected chi connectivity index (χ4v) is 2.44. The van der Waals surface area contributed by atoms with Crippen LogP contribution in [0.15, 0.2) is 47.0 Å². The number of fused-ring (bicyclic) bond motifs is 1. The van der Waals surface area contributed by atoms with Gasteiger partial charge in [-0.05, 0) is 18.2 Å². The zero-order valence-electron chi connectivity index (χ0n) is 9.81. The Kier molecular flexibility index (Phi) is 3.19. The first kappa shape index (κ1) is 12.5. The molecule has 19 heavy (non-hydrogen) atoms. The first-order valence-electron chi connectivity index (χ1n) is 5.70. The van der Waals surface area contributed by atoms with Crippen LogP contribution in [0.5, 0.6) is 0 Å². The van der Waals surface area contributed by atoms with E-state index in [2.05, 4.69) is 4.98 Å². The molecule has 2 heterocycles. The van der Waals surface area contributed by atoms with Crippen molar-refractivity contribution in [3.8, 4) is 0 Å². The molecule has 3 rings (SSSR count). The lowest BCUT2D eigenvalue weighted by atomic mass is 10.1. The minimum atomic E-state index is -0.517. The van der Waals surface area contributed by atoms with Crippen molar-refractivity contribution in [2.45, 2.75) is 6.04 Å². The van der Waals surface area contributed by atoms with Gasteiger partial charge < -0.3 is 10.2 Å². The summed E-state index contributed by atoms with van der Waals surface area (Å²) in [4.78, 5) is 4.18. The third kappa shape index (κ3) is 2.32. The third-order valence-corrected chi connectivity index (χ3v) is 3.39. The Labute approximate surface area is 119 Å². The summed E-state index contributed by atoms with van der Waals surface area (Å²) in [6, 6.07) is 10.7. The van der Waals surface area contributed by atoms with Crippen LogP contribution in [0.4, 0.5) is 0 Å². The smallest absolute Gasteiger partial charge is 0.134 e. The molecule has 0 aliphatic heterocycles. The van der Waals surface area contributed by atoms with Crippen molar-refractivity contribution in [2.24, 2.45) is 5.73 Å². The molecule has 0 bridgehead atoms. The summed E-state index contributed by atoms with van der Waals surface area (Å²) < 4.78 is 5.71. The number of aromatic nitrogens is 1. The fourth-order valence-electron chi connectivity index (χ4n) is 1.94. The van der Waals surface area contributed by atoms with Crippen LogP contribution < -0.4 is 5.73 Å².